The number of rotatable bonds is 5. The fraction of sp³-hybridized carbons (Fsp3) is 0.375. The van der Waals surface area contributed by atoms with Crippen LogP contribution in [-0.4, -0.2) is 32.5 Å². The van der Waals surface area contributed by atoms with Crippen LogP contribution in [0.1, 0.15) is 27.7 Å². The number of hydrogen-bond acceptors (Lipinski definition) is 6. The fourth-order valence-corrected chi connectivity index (χ4v) is 2.76. The van der Waals surface area contributed by atoms with E-state index in [-0.39, 0.29) is 4.90 Å². The molecule has 0 radical (unpaired) electrons. The highest BCUT2D eigenvalue weighted by molar-refractivity contribution is 9.10. The molecule has 9 heteroatoms. The highest BCUT2D eigenvalue weighted by Crippen LogP contribution is 2.22. The number of nitrogens with one attached hydrogen (secondary N) is 3. The van der Waals surface area contributed by atoms with Gasteiger partial charge in [-0.2, -0.15) is 4.98 Å². The number of sulfonamides is 1. The third kappa shape index (κ3) is 6.97. The van der Waals surface area contributed by atoms with E-state index >= 15 is 0 Å². The van der Waals surface area contributed by atoms with Crippen molar-refractivity contribution in [2.24, 2.45) is 0 Å². The van der Waals surface area contributed by atoms with Gasteiger partial charge in [0.05, 0.1) is 9.37 Å². The van der Waals surface area contributed by atoms with Crippen molar-refractivity contribution in [3.05, 3.63) is 34.9 Å². The maximum atomic E-state index is 11.8. The average molecular weight is 432 g/mol. The minimum Gasteiger partial charge on any atom is -0.372 e. The molecule has 1 heterocycles. The smallest absolute Gasteiger partial charge is 0.240 e. The van der Waals surface area contributed by atoms with Crippen molar-refractivity contribution in [2.75, 3.05) is 24.7 Å². The largest absolute Gasteiger partial charge is 0.372 e. The van der Waals surface area contributed by atoms with Crippen molar-refractivity contribution in [2.45, 2.75) is 32.6 Å². The standard InChI is InChI=1S/C12H14BrN5O2S.2C2H6/c1-14-11-10(13)7-16-12(18-11)17-8-4-3-5-9(6-8)21(19,20)15-2;2*1-2/h3-7,15H,1-2H3,(H2,14,16,17,18);2*1-2H3. The lowest BCUT2D eigenvalue weighted by Crippen LogP contribution is -2.18. The topological polar surface area (TPSA) is 96.0 Å². The number of anilines is 3. The molecule has 0 saturated carbocycles. The summed E-state index contributed by atoms with van der Waals surface area (Å²) in [7, 11) is -0.369. The highest BCUT2D eigenvalue weighted by atomic mass is 79.9. The summed E-state index contributed by atoms with van der Waals surface area (Å²) in [6, 6.07) is 6.40. The molecule has 0 unspecified atom stereocenters. The lowest BCUT2D eigenvalue weighted by Gasteiger charge is -2.09. The van der Waals surface area contributed by atoms with E-state index < -0.39 is 10.0 Å². The summed E-state index contributed by atoms with van der Waals surface area (Å²) in [5, 5.41) is 5.89. The zero-order valence-electron chi connectivity index (χ0n) is 15.4. The first-order valence-electron chi connectivity index (χ1n) is 7.97. The van der Waals surface area contributed by atoms with Crippen LogP contribution in [0.5, 0.6) is 0 Å². The molecule has 3 N–H and O–H groups in total. The van der Waals surface area contributed by atoms with Gasteiger partial charge in [-0.1, -0.05) is 33.8 Å². The molecule has 0 atom stereocenters. The van der Waals surface area contributed by atoms with Gasteiger partial charge in [0.15, 0.2) is 0 Å². The predicted molar refractivity (Wildman–Crippen MR) is 108 cm³/mol. The number of benzene rings is 1. The van der Waals surface area contributed by atoms with E-state index in [1.165, 1.54) is 19.2 Å². The lowest BCUT2D eigenvalue weighted by atomic mass is 10.3. The first kappa shape index (κ1) is 23.3. The summed E-state index contributed by atoms with van der Waals surface area (Å²) in [4.78, 5) is 8.54. The molecule has 0 bridgehead atoms. The van der Waals surface area contributed by atoms with Crippen LogP contribution in [0, 0.1) is 0 Å². The van der Waals surface area contributed by atoms with Crippen LogP contribution in [0.3, 0.4) is 0 Å². The van der Waals surface area contributed by atoms with E-state index in [1.807, 2.05) is 27.7 Å². The van der Waals surface area contributed by atoms with Gasteiger partial charge in [-0.05, 0) is 41.2 Å². The first-order chi connectivity index (χ1) is 12.0. The molecule has 2 aromatic rings. The second-order valence-electron chi connectivity index (χ2n) is 4.00. The van der Waals surface area contributed by atoms with Gasteiger partial charge in [0.1, 0.15) is 5.82 Å². The zero-order valence-corrected chi connectivity index (χ0v) is 17.8. The zero-order chi connectivity index (χ0) is 19.5. The molecular weight excluding hydrogens is 406 g/mol. The molecule has 2 rings (SSSR count). The summed E-state index contributed by atoms with van der Waals surface area (Å²) in [5.41, 5.74) is 0.579. The summed E-state index contributed by atoms with van der Waals surface area (Å²) >= 11 is 3.32. The van der Waals surface area contributed by atoms with Crippen LogP contribution in [0.2, 0.25) is 0 Å². The molecule has 1 aromatic carbocycles. The van der Waals surface area contributed by atoms with Crippen molar-refractivity contribution in [3.63, 3.8) is 0 Å². The van der Waals surface area contributed by atoms with E-state index in [0.29, 0.717) is 17.5 Å². The van der Waals surface area contributed by atoms with Crippen LogP contribution in [0.4, 0.5) is 17.5 Å². The molecule has 0 saturated heterocycles. The van der Waals surface area contributed by atoms with E-state index in [0.717, 1.165) is 4.47 Å². The van der Waals surface area contributed by atoms with Crippen molar-refractivity contribution < 1.29 is 8.42 Å². The molecule has 1 aromatic heterocycles. The Hall–Kier alpha value is -1.71. The first-order valence-corrected chi connectivity index (χ1v) is 10.2. The van der Waals surface area contributed by atoms with Crippen LogP contribution < -0.4 is 15.4 Å². The Morgan fingerprint density at radius 1 is 1.08 bits per heavy atom. The summed E-state index contributed by atoms with van der Waals surface area (Å²) in [6.07, 6.45) is 1.61. The maximum Gasteiger partial charge on any atom is 0.240 e. The van der Waals surface area contributed by atoms with Gasteiger partial charge in [0.2, 0.25) is 16.0 Å². The van der Waals surface area contributed by atoms with Crippen LogP contribution >= 0.6 is 15.9 Å². The Balaban J connectivity index is 0.00000134. The number of hydrogen-bond donors (Lipinski definition) is 3. The normalized spacial score (nSPS) is 9.88. The Kier molecular flexibility index (Phi) is 11.0. The van der Waals surface area contributed by atoms with Gasteiger partial charge in [0.25, 0.3) is 0 Å². The minimum absolute atomic E-state index is 0.168. The lowest BCUT2D eigenvalue weighted by molar-refractivity contribution is 0.588. The molecule has 140 valence electrons. The fourth-order valence-electron chi connectivity index (χ4n) is 1.59. The average Bonchev–Trinajstić information content (AvgIpc) is 2.66. The summed E-state index contributed by atoms with van der Waals surface area (Å²) < 4.78 is 26.5. The quantitative estimate of drug-likeness (QED) is 0.662. The predicted octanol–water partition coefficient (Wildman–Crippen LogP) is 3.98. The highest BCUT2D eigenvalue weighted by Gasteiger charge is 2.12. The van der Waals surface area contributed by atoms with Gasteiger partial charge in [-0.25, -0.2) is 18.1 Å². The number of aromatic nitrogens is 2. The second kappa shape index (κ2) is 11.8. The van der Waals surface area contributed by atoms with Crippen LogP contribution in [0.25, 0.3) is 0 Å². The van der Waals surface area contributed by atoms with Gasteiger partial charge in [-0.3, -0.25) is 0 Å². The van der Waals surface area contributed by atoms with E-state index in [2.05, 4.69) is 41.3 Å². The molecule has 0 aliphatic carbocycles. The van der Waals surface area contributed by atoms with Crippen molar-refractivity contribution in [1.82, 2.24) is 14.7 Å². The van der Waals surface area contributed by atoms with Crippen molar-refractivity contribution in [3.8, 4) is 0 Å². The molecule has 0 spiro atoms. The van der Waals surface area contributed by atoms with Gasteiger partial charge in [-0.15, -0.1) is 0 Å². The molecular formula is C16H26BrN5O2S. The van der Waals surface area contributed by atoms with Gasteiger partial charge < -0.3 is 10.6 Å². The maximum absolute atomic E-state index is 11.8. The molecule has 0 aliphatic heterocycles. The SMILES string of the molecule is CC.CC.CNc1nc(Nc2cccc(S(=O)(=O)NC)c2)ncc1Br. The Bertz CT molecular complexity index is 754. The van der Waals surface area contributed by atoms with Gasteiger partial charge in [0, 0.05) is 18.9 Å². The van der Waals surface area contributed by atoms with Crippen molar-refractivity contribution >= 4 is 43.4 Å². The number of nitrogens with zero attached hydrogens (tertiary/aromatic N) is 2. The van der Waals surface area contributed by atoms with Crippen LogP contribution in [0.15, 0.2) is 39.8 Å². The van der Waals surface area contributed by atoms with E-state index in [4.69, 9.17) is 0 Å². The Labute approximate surface area is 158 Å². The third-order valence-corrected chi connectivity index (χ3v) is 4.64. The van der Waals surface area contributed by atoms with Crippen LogP contribution in [-0.2, 0) is 10.0 Å². The molecule has 25 heavy (non-hydrogen) atoms. The Morgan fingerprint density at radius 2 is 1.72 bits per heavy atom. The molecule has 7 nitrogen and oxygen atoms in total. The minimum atomic E-state index is -3.48. The summed E-state index contributed by atoms with van der Waals surface area (Å²) in [6.45, 7) is 8.00. The number of halogens is 1. The third-order valence-electron chi connectivity index (χ3n) is 2.65. The second-order valence-corrected chi connectivity index (χ2v) is 6.74. The van der Waals surface area contributed by atoms with E-state index in [9.17, 15) is 8.42 Å². The van der Waals surface area contributed by atoms with E-state index in [1.54, 1.807) is 25.4 Å². The Morgan fingerprint density at radius 3 is 2.28 bits per heavy atom. The molecule has 0 amide bonds. The summed E-state index contributed by atoms with van der Waals surface area (Å²) in [5.74, 6) is 0.994. The van der Waals surface area contributed by atoms with Crippen molar-refractivity contribution in [1.29, 1.82) is 0 Å². The molecule has 0 fully saturated rings. The van der Waals surface area contributed by atoms with Gasteiger partial charge >= 0.3 is 0 Å². The monoisotopic (exact) mass is 431 g/mol. The molecule has 0 aliphatic rings.